The van der Waals surface area contributed by atoms with Gasteiger partial charge in [0.1, 0.15) is 5.56 Å². The molecule has 0 atom stereocenters. The number of benzene rings is 1. The van der Waals surface area contributed by atoms with Crippen LogP contribution in [0.4, 0.5) is 5.69 Å². The summed E-state index contributed by atoms with van der Waals surface area (Å²) in [7, 11) is 0. The Morgan fingerprint density at radius 3 is 2.69 bits per heavy atom. The van der Waals surface area contributed by atoms with E-state index in [0.29, 0.717) is 0 Å². The minimum atomic E-state index is -0.826. The largest absolute Gasteiger partial charge is 0.504 e. The molecular formula is C8H5N3O5. The SMILES string of the molecule is O=[N+]([O-])c1c(-c2cnno2)ccc(O)c1O. The van der Waals surface area contributed by atoms with E-state index in [4.69, 9.17) is 5.11 Å². The van der Waals surface area contributed by atoms with Gasteiger partial charge in [0.25, 0.3) is 0 Å². The van der Waals surface area contributed by atoms with Gasteiger partial charge in [0.15, 0.2) is 11.5 Å². The molecule has 0 bridgehead atoms. The molecule has 8 heteroatoms. The zero-order valence-corrected chi connectivity index (χ0v) is 7.69. The van der Waals surface area contributed by atoms with Crippen molar-refractivity contribution in [1.82, 2.24) is 10.4 Å². The van der Waals surface area contributed by atoms with E-state index in [-0.39, 0.29) is 11.3 Å². The zero-order valence-electron chi connectivity index (χ0n) is 7.69. The molecule has 0 fully saturated rings. The number of hydrogen-bond acceptors (Lipinski definition) is 7. The number of hydrogen-bond donors (Lipinski definition) is 2. The van der Waals surface area contributed by atoms with Crippen LogP contribution in [0, 0.1) is 10.1 Å². The minimum Gasteiger partial charge on any atom is -0.504 e. The molecule has 2 N–H and O–H groups in total. The van der Waals surface area contributed by atoms with Gasteiger partial charge in [0.2, 0.25) is 5.75 Å². The third-order valence-corrected chi connectivity index (χ3v) is 1.94. The Bertz CT molecular complexity index is 537. The maximum atomic E-state index is 10.7. The molecule has 0 aliphatic heterocycles. The molecule has 0 unspecified atom stereocenters. The monoisotopic (exact) mass is 223 g/mol. The molecule has 8 nitrogen and oxygen atoms in total. The second kappa shape index (κ2) is 3.50. The van der Waals surface area contributed by atoms with E-state index < -0.39 is 22.1 Å². The lowest BCUT2D eigenvalue weighted by atomic mass is 10.1. The molecule has 0 spiro atoms. The number of rotatable bonds is 2. The average molecular weight is 223 g/mol. The van der Waals surface area contributed by atoms with Crippen LogP contribution in [0.5, 0.6) is 11.5 Å². The number of aromatic nitrogens is 2. The summed E-state index contributed by atoms with van der Waals surface area (Å²) < 4.78 is 4.65. The Balaban J connectivity index is 2.71. The quantitative estimate of drug-likeness (QED) is 0.443. The van der Waals surface area contributed by atoms with Crippen molar-refractivity contribution in [2.45, 2.75) is 0 Å². The highest BCUT2D eigenvalue weighted by Crippen LogP contribution is 2.42. The molecule has 16 heavy (non-hydrogen) atoms. The standard InChI is InChI=1S/C8H5N3O5/c12-5-2-1-4(6-3-9-10-16-6)7(8(5)13)11(14)15/h1-3,12-13H. The fraction of sp³-hybridized carbons (Fsp3) is 0. The molecule has 0 saturated heterocycles. The Hall–Kier alpha value is -2.64. The van der Waals surface area contributed by atoms with E-state index in [1.807, 2.05) is 0 Å². The zero-order chi connectivity index (χ0) is 11.7. The maximum absolute atomic E-state index is 10.7. The Morgan fingerprint density at radius 1 is 1.38 bits per heavy atom. The molecular weight excluding hydrogens is 218 g/mol. The van der Waals surface area contributed by atoms with Crippen molar-refractivity contribution in [3.63, 3.8) is 0 Å². The van der Waals surface area contributed by atoms with Gasteiger partial charge in [-0.25, -0.2) is 0 Å². The smallest absolute Gasteiger partial charge is 0.325 e. The second-order valence-corrected chi connectivity index (χ2v) is 2.87. The minimum absolute atomic E-state index is 0.00898. The molecule has 1 aromatic heterocycles. The van der Waals surface area contributed by atoms with Crippen molar-refractivity contribution in [3.8, 4) is 22.8 Å². The van der Waals surface area contributed by atoms with Crippen LogP contribution in [-0.4, -0.2) is 25.5 Å². The van der Waals surface area contributed by atoms with Gasteiger partial charge >= 0.3 is 5.69 Å². The number of nitro benzene ring substituents is 1. The van der Waals surface area contributed by atoms with Gasteiger partial charge in [0.05, 0.1) is 11.1 Å². The lowest BCUT2D eigenvalue weighted by Crippen LogP contribution is -1.92. The van der Waals surface area contributed by atoms with E-state index in [2.05, 4.69) is 14.9 Å². The maximum Gasteiger partial charge on any atom is 0.325 e. The number of nitro groups is 1. The highest BCUT2D eigenvalue weighted by atomic mass is 16.6. The van der Waals surface area contributed by atoms with Gasteiger partial charge in [-0.3, -0.25) is 10.1 Å². The van der Waals surface area contributed by atoms with Crippen molar-refractivity contribution in [2.24, 2.45) is 0 Å². The van der Waals surface area contributed by atoms with Gasteiger partial charge in [-0.15, -0.1) is 5.10 Å². The molecule has 2 rings (SSSR count). The van der Waals surface area contributed by atoms with Gasteiger partial charge < -0.3 is 14.7 Å². The molecule has 82 valence electrons. The molecule has 0 saturated carbocycles. The summed E-state index contributed by atoms with van der Waals surface area (Å²) >= 11 is 0. The molecule has 0 aliphatic carbocycles. The molecule has 1 aromatic carbocycles. The first kappa shape index (κ1) is 9.90. The predicted molar refractivity (Wildman–Crippen MR) is 49.7 cm³/mol. The van der Waals surface area contributed by atoms with Gasteiger partial charge in [-0.2, -0.15) is 0 Å². The normalized spacial score (nSPS) is 10.2. The number of nitrogens with zero attached hydrogens (tertiary/aromatic N) is 3. The van der Waals surface area contributed by atoms with Crippen LogP contribution < -0.4 is 0 Å². The van der Waals surface area contributed by atoms with Crippen LogP contribution in [0.2, 0.25) is 0 Å². The van der Waals surface area contributed by atoms with E-state index in [9.17, 15) is 15.2 Å². The van der Waals surface area contributed by atoms with Crippen molar-refractivity contribution in [2.75, 3.05) is 0 Å². The summed E-state index contributed by atoms with van der Waals surface area (Å²) in [6, 6.07) is 2.34. The van der Waals surface area contributed by atoms with Crippen molar-refractivity contribution >= 4 is 5.69 Å². The lowest BCUT2D eigenvalue weighted by molar-refractivity contribution is -0.385. The topological polar surface area (TPSA) is 123 Å². The predicted octanol–water partition coefficient (Wildman–Crippen LogP) is 1.06. The second-order valence-electron chi connectivity index (χ2n) is 2.87. The first-order valence-electron chi connectivity index (χ1n) is 4.08. The van der Waals surface area contributed by atoms with Crippen molar-refractivity contribution < 1.29 is 19.7 Å². The Morgan fingerprint density at radius 2 is 2.12 bits per heavy atom. The molecule has 2 aromatic rings. The van der Waals surface area contributed by atoms with Gasteiger partial charge in [-0.05, 0) is 12.1 Å². The van der Waals surface area contributed by atoms with Crippen molar-refractivity contribution in [1.29, 1.82) is 0 Å². The van der Waals surface area contributed by atoms with E-state index in [1.54, 1.807) is 0 Å². The van der Waals surface area contributed by atoms with Gasteiger partial charge in [-0.1, -0.05) is 0 Å². The molecule has 1 heterocycles. The summed E-state index contributed by atoms with van der Waals surface area (Å²) in [5.41, 5.74) is -0.663. The van der Waals surface area contributed by atoms with E-state index >= 15 is 0 Å². The van der Waals surface area contributed by atoms with Crippen LogP contribution >= 0.6 is 0 Å². The number of phenols is 2. The summed E-state index contributed by atoms with van der Waals surface area (Å²) in [5.74, 6) is -1.37. The summed E-state index contributed by atoms with van der Waals surface area (Å²) in [6.45, 7) is 0. The van der Waals surface area contributed by atoms with Crippen LogP contribution in [0.3, 0.4) is 0 Å². The molecule has 0 radical (unpaired) electrons. The summed E-state index contributed by atoms with van der Waals surface area (Å²) in [4.78, 5) is 9.92. The summed E-state index contributed by atoms with van der Waals surface area (Å²) in [5, 5.41) is 35.8. The van der Waals surface area contributed by atoms with Gasteiger partial charge in [0, 0.05) is 5.27 Å². The fourth-order valence-electron chi connectivity index (χ4n) is 1.24. The van der Waals surface area contributed by atoms with E-state index in [1.165, 1.54) is 12.3 Å². The Kier molecular flexibility index (Phi) is 2.16. The Labute approximate surface area is 87.9 Å². The third kappa shape index (κ3) is 1.41. The number of phenolic OH excluding ortho intramolecular Hbond substituents is 2. The third-order valence-electron chi connectivity index (χ3n) is 1.94. The van der Waals surface area contributed by atoms with Crippen molar-refractivity contribution in [3.05, 3.63) is 28.4 Å². The highest BCUT2D eigenvalue weighted by Gasteiger charge is 2.25. The molecule has 0 aliphatic rings. The first-order valence-corrected chi connectivity index (χ1v) is 4.08. The molecule has 0 amide bonds. The fourth-order valence-corrected chi connectivity index (χ4v) is 1.24. The lowest BCUT2D eigenvalue weighted by Gasteiger charge is -2.02. The number of aromatic hydroxyl groups is 2. The average Bonchev–Trinajstić information content (AvgIpc) is 2.74. The van der Waals surface area contributed by atoms with Crippen LogP contribution in [0.15, 0.2) is 22.9 Å². The summed E-state index contributed by atoms with van der Waals surface area (Å²) in [6.07, 6.45) is 1.17. The van der Waals surface area contributed by atoms with Crippen LogP contribution in [0.25, 0.3) is 11.3 Å². The van der Waals surface area contributed by atoms with E-state index in [0.717, 1.165) is 6.07 Å². The highest BCUT2D eigenvalue weighted by molar-refractivity contribution is 5.75. The van der Waals surface area contributed by atoms with Crippen LogP contribution in [0.1, 0.15) is 0 Å². The van der Waals surface area contributed by atoms with Crippen LogP contribution in [-0.2, 0) is 0 Å². The first-order chi connectivity index (χ1) is 7.61.